The molecule has 1 aromatic rings. The Bertz CT molecular complexity index is 547. The third kappa shape index (κ3) is 2.93. The summed E-state index contributed by atoms with van der Waals surface area (Å²) in [5, 5.41) is 6.36. The lowest BCUT2D eigenvalue weighted by molar-refractivity contribution is -0.136. The van der Waals surface area contributed by atoms with E-state index in [1.807, 2.05) is 24.3 Å². The minimum absolute atomic E-state index is 0.119. The maximum atomic E-state index is 12.3. The van der Waals surface area contributed by atoms with Crippen LogP contribution in [-0.2, 0) is 9.53 Å². The van der Waals surface area contributed by atoms with Gasteiger partial charge in [-0.05, 0) is 30.5 Å². The van der Waals surface area contributed by atoms with Gasteiger partial charge in [-0.2, -0.15) is 5.10 Å². The highest BCUT2D eigenvalue weighted by Gasteiger charge is 2.32. The molecule has 0 aromatic heterocycles. The van der Waals surface area contributed by atoms with Crippen LogP contribution in [0.1, 0.15) is 31.7 Å². The summed E-state index contributed by atoms with van der Waals surface area (Å²) in [4.78, 5) is 12.3. The molecule has 0 bridgehead atoms. The van der Waals surface area contributed by atoms with E-state index in [-0.39, 0.29) is 17.9 Å². The van der Waals surface area contributed by atoms with E-state index < -0.39 is 0 Å². The molecule has 2 aliphatic rings. The SMILES string of the molecule is C[C@H]1CC(=O)N(C2CCOCC2)N=C1c1ccc(N)cc1. The van der Waals surface area contributed by atoms with Crippen LogP contribution in [-0.4, -0.2) is 35.9 Å². The molecule has 0 spiro atoms. The van der Waals surface area contributed by atoms with Gasteiger partial charge >= 0.3 is 0 Å². The van der Waals surface area contributed by atoms with Crippen molar-refractivity contribution >= 4 is 17.3 Å². The molecule has 0 unspecified atom stereocenters. The summed E-state index contributed by atoms with van der Waals surface area (Å²) in [6.45, 7) is 3.46. The molecular weight excluding hydrogens is 266 g/mol. The smallest absolute Gasteiger partial charge is 0.243 e. The number of anilines is 1. The van der Waals surface area contributed by atoms with Crippen molar-refractivity contribution in [3.05, 3.63) is 29.8 Å². The van der Waals surface area contributed by atoms with Crippen LogP contribution < -0.4 is 5.73 Å². The summed E-state index contributed by atoms with van der Waals surface area (Å²) >= 11 is 0. The Balaban J connectivity index is 1.89. The average molecular weight is 287 g/mol. The van der Waals surface area contributed by atoms with Gasteiger partial charge in [0.05, 0.1) is 11.8 Å². The number of hydrogen-bond acceptors (Lipinski definition) is 4. The minimum atomic E-state index is 0.119. The van der Waals surface area contributed by atoms with E-state index in [1.165, 1.54) is 0 Å². The summed E-state index contributed by atoms with van der Waals surface area (Å²) in [7, 11) is 0. The van der Waals surface area contributed by atoms with E-state index in [9.17, 15) is 4.79 Å². The zero-order chi connectivity index (χ0) is 14.8. The second kappa shape index (κ2) is 5.85. The molecule has 1 aromatic carbocycles. The van der Waals surface area contributed by atoms with Crippen molar-refractivity contribution in [2.45, 2.75) is 32.2 Å². The number of rotatable bonds is 2. The highest BCUT2D eigenvalue weighted by Crippen LogP contribution is 2.25. The van der Waals surface area contributed by atoms with Gasteiger partial charge in [0.2, 0.25) is 5.91 Å². The minimum Gasteiger partial charge on any atom is -0.399 e. The molecule has 1 saturated heterocycles. The lowest BCUT2D eigenvalue weighted by Gasteiger charge is -2.35. The topological polar surface area (TPSA) is 67.9 Å². The highest BCUT2D eigenvalue weighted by atomic mass is 16.5. The molecule has 0 saturated carbocycles. The predicted octanol–water partition coefficient (Wildman–Crippen LogP) is 2.02. The number of hydrazone groups is 1. The quantitative estimate of drug-likeness (QED) is 0.846. The van der Waals surface area contributed by atoms with Crippen LogP contribution in [0.5, 0.6) is 0 Å². The van der Waals surface area contributed by atoms with Crippen molar-refractivity contribution in [2.24, 2.45) is 11.0 Å². The first-order chi connectivity index (χ1) is 10.1. The Kier molecular flexibility index (Phi) is 3.92. The van der Waals surface area contributed by atoms with Crippen LogP contribution in [0.3, 0.4) is 0 Å². The van der Waals surface area contributed by atoms with Crippen molar-refractivity contribution in [3.8, 4) is 0 Å². The van der Waals surface area contributed by atoms with Gasteiger partial charge in [0, 0.05) is 31.2 Å². The molecule has 2 heterocycles. The Morgan fingerprint density at radius 1 is 1.24 bits per heavy atom. The summed E-state index contributed by atoms with van der Waals surface area (Å²) in [6, 6.07) is 7.87. The molecule has 2 N–H and O–H groups in total. The molecule has 0 aliphatic carbocycles. The molecular formula is C16H21N3O2. The third-order valence-corrected chi connectivity index (χ3v) is 4.16. The molecule has 21 heavy (non-hydrogen) atoms. The number of benzene rings is 1. The Labute approximate surface area is 124 Å². The van der Waals surface area contributed by atoms with Gasteiger partial charge in [0.15, 0.2) is 0 Å². The van der Waals surface area contributed by atoms with Crippen LogP contribution in [0, 0.1) is 5.92 Å². The predicted molar refractivity (Wildman–Crippen MR) is 81.9 cm³/mol. The zero-order valence-electron chi connectivity index (χ0n) is 12.3. The fourth-order valence-corrected chi connectivity index (χ4v) is 2.93. The first-order valence-electron chi connectivity index (χ1n) is 7.49. The number of nitrogen functional groups attached to an aromatic ring is 1. The molecule has 1 fully saturated rings. The first-order valence-corrected chi connectivity index (χ1v) is 7.49. The van der Waals surface area contributed by atoms with Gasteiger partial charge in [-0.3, -0.25) is 4.79 Å². The normalized spacial score (nSPS) is 24.0. The fourth-order valence-electron chi connectivity index (χ4n) is 2.93. The van der Waals surface area contributed by atoms with E-state index in [2.05, 4.69) is 12.0 Å². The van der Waals surface area contributed by atoms with Gasteiger partial charge in [0.25, 0.3) is 0 Å². The van der Waals surface area contributed by atoms with E-state index >= 15 is 0 Å². The first kappa shape index (κ1) is 14.1. The maximum Gasteiger partial charge on any atom is 0.243 e. The molecule has 2 aliphatic heterocycles. The molecule has 112 valence electrons. The summed E-state index contributed by atoms with van der Waals surface area (Å²) in [6.07, 6.45) is 2.23. The van der Waals surface area contributed by atoms with Crippen molar-refractivity contribution < 1.29 is 9.53 Å². The fraction of sp³-hybridized carbons (Fsp3) is 0.500. The lowest BCUT2D eigenvalue weighted by atomic mass is 9.93. The van der Waals surface area contributed by atoms with Gasteiger partial charge in [-0.1, -0.05) is 19.1 Å². The van der Waals surface area contributed by atoms with E-state index in [4.69, 9.17) is 10.5 Å². The highest BCUT2D eigenvalue weighted by molar-refractivity contribution is 6.05. The number of amides is 1. The number of carbonyl (C=O) groups excluding carboxylic acids is 1. The van der Waals surface area contributed by atoms with Gasteiger partial charge in [0.1, 0.15) is 0 Å². The second-order valence-corrected chi connectivity index (χ2v) is 5.79. The van der Waals surface area contributed by atoms with Crippen molar-refractivity contribution in [3.63, 3.8) is 0 Å². The van der Waals surface area contributed by atoms with E-state index in [1.54, 1.807) is 5.01 Å². The number of carbonyl (C=O) groups is 1. The molecule has 0 radical (unpaired) electrons. The van der Waals surface area contributed by atoms with Gasteiger partial charge in [-0.15, -0.1) is 0 Å². The number of nitrogens with two attached hydrogens (primary N) is 1. The Morgan fingerprint density at radius 2 is 1.90 bits per heavy atom. The number of ether oxygens (including phenoxy) is 1. The van der Waals surface area contributed by atoms with Crippen LogP contribution in [0.4, 0.5) is 5.69 Å². The van der Waals surface area contributed by atoms with Crippen molar-refractivity contribution in [2.75, 3.05) is 18.9 Å². The van der Waals surface area contributed by atoms with E-state index in [0.717, 1.165) is 29.8 Å². The molecule has 5 nitrogen and oxygen atoms in total. The average Bonchev–Trinajstić information content (AvgIpc) is 2.49. The molecule has 1 atom stereocenters. The largest absolute Gasteiger partial charge is 0.399 e. The van der Waals surface area contributed by atoms with Gasteiger partial charge in [-0.25, -0.2) is 5.01 Å². The monoisotopic (exact) mass is 287 g/mol. The summed E-state index contributed by atoms with van der Waals surface area (Å²) in [5.41, 5.74) is 8.49. The van der Waals surface area contributed by atoms with E-state index in [0.29, 0.717) is 19.6 Å². The summed E-state index contributed by atoms with van der Waals surface area (Å²) < 4.78 is 5.37. The lowest BCUT2D eigenvalue weighted by Crippen LogP contribution is -2.44. The Hall–Kier alpha value is -1.88. The van der Waals surface area contributed by atoms with Crippen LogP contribution in [0.2, 0.25) is 0 Å². The third-order valence-electron chi connectivity index (χ3n) is 4.16. The molecule has 5 heteroatoms. The van der Waals surface area contributed by atoms with Crippen LogP contribution in [0.15, 0.2) is 29.4 Å². The number of nitrogens with zero attached hydrogens (tertiary/aromatic N) is 2. The maximum absolute atomic E-state index is 12.3. The summed E-state index contributed by atoms with van der Waals surface area (Å²) in [5.74, 6) is 0.255. The van der Waals surface area contributed by atoms with Crippen molar-refractivity contribution in [1.29, 1.82) is 0 Å². The Morgan fingerprint density at radius 3 is 2.57 bits per heavy atom. The van der Waals surface area contributed by atoms with Gasteiger partial charge < -0.3 is 10.5 Å². The molecule has 1 amide bonds. The van der Waals surface area contributed by atoms with Crippen LogP contribution >= 0.6 is 0 Å². The van der Waals surface area contributed by atoms with Crippen molar-refractivity contribution in [1.82, 2.24) is 5.01 Å². The molecule has 3 rings (SSSR count). The van der Waals surface area contributed by atoms with Crippen LogP contribution in [0.25, 0.3) is 0 Å². The number of hydrogen-bond donors (Lipinski definition) is 1. The standard InChI is InChI=1S/C16H21N3O2/c1-11-10-15(20)19(14-6-8-21-9-7-14)18-16(11)12-2-4-13(17)5-3-12/h2-5,11,14H,6-10,17H2,1H3/t11-/m0/s1. The zero-order valence-corrected chi connectivity index (χ0v) is 12.3. The second-order valence-electron chi connectivity index (χ2n) is 5.79.